The predicted octanol–water partition coefficient (Wildman–Crippen LogP) is 7.34. The molecule has 0 fully saturated rings. The molecule has 1 aliphatic rings. The number of alkyl halides is 6. The molecule has 1 aliphatic heterocycles. The Kier molecular flexibility index (Phi) is 6.44. The first-order valence-corrected chi connectivity index (χ1v) is 11.3. The maximum Gasteiger partial charge on any atom is 0.416 e. The van der Waals surface area contributed by atoms with E-state index in [0.29, 0.717) is 10.2 Å². The van der Waals surface area contributed by atoms with Crippen LogP contribution in [0.2, 0.25) is 0 Å². The molecule has 3 aromatic rings. The Labute approximate surface area is 205 Å². The van der Waals surface area contributed by atoms with E-state index in [4.69, 9.17) is 0 Å². The molecule has 0 unspecified atom stereocenters. The second-order valence-electron chi connectivity index (χ2n) is 7.53. The molecule has 2 atom stereocenters. The van der Waals surface area contributed by atoms with Gasteiger partial charge in [-0.25, -0.2) is 4.68 Å². The molecule has 0 spiro atoms. The van der Waals surface area contributed by atoms with Gasteiger partial charge in [-0.05, 0) is 51.8 Å². The molecular weight excluding hydrogens is 598 g/mol. The van der Waals surface area contributed by atoms with Crippen LogP contribution in [-0.4, -0.2) is 21.9 Å². The van der Waals surface area contributed by atoms with Crippen molar-refractivity contribution in [3.05, 3.63) is 74.3 Å². The summed E-state index contributed by atoms with van der Waals surface area (Å²) in [5.74, 6) is -1.02. The van der Waals surface area contributed by atoms with E-state index in [-0.39, 0.29) is 22.4 Å². The second-order valence-corrected chi connectivity index (χ2v) is 9.24. The summed E-state index contributed by atoms with van der Waals surface area (Å²) in [6.07, 6.45) is -9.66. The highest BCUT2D eigenvalue weighted by Gasteiger charge is 2.47. The van der Waals surface area contributed by atoms with Crippen LogP contribution in [0.15, 0.2) is 57.5 Å². The van der Waals surface area contributed by atoms with E-state index in [1.807, 2.05) is 0 Å². The van der Waals surface area contributed by atoms with Gasteiger partial charge in [-0.2, -0.15) is 31.4 Å². The van der Waals surface area contributed by atoms with Crippen molar-refractivity contribution in [1.82, 2.24) is 9.78 Å². The van der Waals surface area contributed by atoms with Crippen molar-refractivity contribution in [2.45, 2.75) is 30.9 Å². The summed E-state index contributed by atoms with van der Waals surface area (Å²) in [5.41, 5.74) is -0.951. The van der Waals surface area contributed by atoms with Crippen molar-refractivity contribution in [3.8, 4) is 0 Å². The van der Waals surface area contributed by atoms with Crippen molar-refractivity contribution in [2.75, 3.05) is 10.6 Å². The van der Waals surface area contributed by atoms with Gasteiger partial charge < -0.3 is 10.6 Å². The van der Waals surface area contributed by atoms with Crippen LogP contribution < -0.4 is 10.6 Å². The fourth-order valence-electron chi connectivity index (χ4n) is 3.61. The van der Waals surface area contributed by atoms with Crippen LogP contribution in [0.1, 0.15) is 40.1 Å². The number of fused-ring (bicyclic) bond motifs is 1. The standard InChI is InChI=1S/C21H14Br2F6N4O/c22-12-6-4-10(5-7-12)14-9-15(21(27,28)29)33-18(31-14)16(23)17(32-33)19(34)30-13-3-1-2-11(8-13)20(24,25)26/h1-8,14-15,31H,9H2,(H,30,34)/t14-,15-/m1/s1. The van der Waals surface area contributed by atoms with Crippen molar-refractivity contribution in [2.24, 2.45) is 0 Å². The Morgan fingerprint density at radius 2 is 1.74 bits per heavy atom. The smallest absolute Gasteiger partial charge is 0.362 e. The van der Waals surface area contributed by atoms with Crippen molar-refractivity contribution >= 4 is 49.3 Å². The summed E-state index contributed by atoms with van der Waals surface area (Å²) < 4.78 is 82.0. The van der Waals surface area contributed by atoms with Crippen LogP contribution >= 0.6 is 31.9 Å². The normalized spacial score (nSPS) is 18.2. The third-order valence-electron chi connectivity index (χ3n) is 5.23. The number of nitrogens with one attached hydrogen (secondary N) is 2. The van der Waals surface area contributed by atoms with Crippen LogP contribution in [0.25, 0.3) is 0 Å². The fourth-order valence-corrected chi connectivity index (χ4v) is 4.43. The number of benzene rings is 2. The summed E-state index contributed by atoms with van der Waals surface area (Å²) in [6, 6.07) is 7.91. The van der Waals surface area contributed by atoms with E-state index in [0.717, 1.165) is 22.7 Å². The van der Waals surface area contributed by atoms with Gasteiger partial charge in [-0.15, -0.1) is 0 Å². The first-order valence-electron chi connectivity index (χ1n) is 9.70. The zero-order valence-corrected chi connectivity index (χ0v) is 20.0. The number of halogens is 8. The maximum absolute atomic E-state index is 13.9. The summed E-state index contributed by atoms with van der Waals surface area (Å²) >= 11 is 6.42. The Morgan fingerprint density at radius 1 is 1.06 bits per heavy atom. The van der Waals surface area contributed by atoms with Gasteiger partial charge in [-0.3, -0.25) is 4.79 Å². The van der Waals surface area contributed by atoms with Crippen LogP contribution in [0.4, 0.5) is 37.8 Å². The summed E-state index contributed by atoms with van der Waals surface area (Å²) in [7, 11) is 0. The van der Waals surface area contributed by atoms with Gasteiger partial charge in [0.05, 0.1) is 16.1 Å². The fraction of sp³-hybridized carbons (Fsp3) is 0.238. The van der Waals surface area contributed by atoms with Gasteiger partial charge >= 0.3 is 12.4 Å². The van der Waals surface area contributed by atoms with Crippen molar-refractivity contribution < 1.29 is 31.1 Å². The zero-order valence-electron chi connectivity index (χ0n) is 16.8. The lowest BCUT2D eigenvalue weighted by Crippen LogP contribution is -2.35. The van der Waals surface area contributed by atoms with E-state index >= 15 is 0 Å². The Hall–Kier alpha value is -2.54. The first kappa shape index (κ1) is 24.6. The Morgan fingerprint density at radius 3 is 2.35 bits per heavy atom. The second kappa shape index (κ2) is 8.91. The van der Waals surface area contributed by atoms with E-state index in [2.05, 4.69) is 47.6 Å². The largest absolute Gasteiger partial charge is 0.416 e. The monoisotopic (exact) mass is 610 g/mol. The Balaban J connectivity index is 1.67. The highest BCUT2D eigenvalue weighted by Crippen LogP contribution is 2.46. The number of hydrogen-bond donors (Lipinski definition) is 2. The molecular formula is C21H14Br2F6N4O. The average Bonchev–Trinajstić information content (AvgIpc) is 3.09. The molecule has 180 valence electrons. The molecule has 0 saturated heterocycles. The van der Waals surface area contributed by atoms with Crippen LogP contribution in [0, 0.1) is 0 Å². The summed E-state index contributed by atoms with van der Waals surface area (Å²) in [4.78, 5) is 12.7. The van der Waals surface area contributed by atoms with Crippen LogP contribution in [-0.2, 0) is 6.18 Å². The predicted molar refractivity (Wildman–Crippen MR) is 120 cm³/mol. The molecule has 5 nitrogen and oxygen atoms in total. The molecule has 0 bridgehead atoms. The molecule has 0 radical (unpaired) electrons. The highest BCUT2D eigenvalue weighted by molar-refractivity contribution is 9.11. The van der Waals surface area contributed by atoms with Gasteiger partial charge in [0, 0.05) is 16.6 Å². The Bertz CT molecular complexity index is 1220. The minimum absolute atomic E-state index is 0.0342. The van der Waals surface area contributed by atoms with Gasteiger partial charge in [0.15, 0.2) is 11.7 Å². The highest BCUT2D eigenvalue weighted by atomic mass is 79.9. The lowest BCUT2D eigenvalue weighted by Gasteiger charge is -2.33. The van der Waals surface area contributed by atoms with Crippen LogP contribution in [0.5, 0.6) is 0 Å². The average molecular weight is 612 g/mol. The molecule has 13 heteroatoms. The summed E-state index contributed by atoms with van der Waals surface area (Å²) in [5, 5.41) is 9.10. The molecule has 0 aliphatic carbocycles. The topological polar surface area (TPSA) is 59.0 Å². The number of anilines is 2. The lowest BCUT2D eigenvalue weighted by atomic mass is 9.97. The number of rotatable bonds is 3. The third kappa shape index (κ3) is 4.95. The van der Waals surface area contributed by atoms with Crippen molar-refractivity contribution in [3.63, 3.8) is 0 Å². The number of nitrogens with zero attached hydrogens (tertiary/aromatic N) is 2. The molecule has 1 aromatic heterocycles. The van der Waals surface area contributed by atoms with Crippen LogP contribution in [0.3, 0.4) is 0 Å². The first-order chi connectivity index (χ1) is 15.8. The van der Waals surface area contributed by atoms with Crippen molar-refractivity contribution in [1.29, 1.82) is 0 Å². The molecule has 2 aromatic carbocycles. The number of hydrogen-bond acceptors (Lipinski definition) is 3. The lowest BCUT2D eigenvalue weighted by molar-refractivity contribution is -0.173. The molecule has 2 N–H and O–H groups in total. The number of carbonyl (C=O) groups is 1. The molecule has 34 heavy (non-hydrogen) atoms. The number of amides is 1. The van der Waals surface area contributed by atoms with Gasteiger partial charge in [0.1, 0.15) is 5.82 Å². The third-order valence-corrected chi connectivity index (χ3v) is 6.51. The molecule has 0 saturated carbocycles. The van der Waals surface area contributed by atoms with E-state index < -0.39 is 41.6 Å². The minimum atomic E-state index is -4.66. The van der Waals surface area contributed by atoms with E-state index in [1.54, 1.807) is 24.3 Å². The van der Waals surface area contributed by atoms with Gasteiger partial charge in [0.25, 0.3) is 5.91 Å². The van der Waals surface area contributed by atoms with Gasteiger partial charge in [-0.1, -0.05) is 34.1 Å². The summed E-state index contributed by atoms with van der Waals surface area (Å²) in [6.45, 7) is 0. The van der Waals surface area contributed by atoms with E-state index in [9.17, 15) is 31.1 Å². The molecule has 2 heterocycles. The zero-order chi connectivity index (χ0) is 24.8. The molecule has 1 amide bonds. The van der Waals surface area contributed by atoms with E-state index in [1.165, 1.54) is 6.07 Å². The maximum atomic E-state index is 13.9. The van der Waals surface area contributed by atoms with Gasteiger partial charge in [0.2, 0.25) is 0 Å². The number of aromatic nitrogens is 2. The number of carbonyl (C=O) groups excluding carboxylic acids is 1. The quantitative estimate of drug-likeness (QED) is 0.305. The molecule has 4 rings (SSSR count). The SMILES string of the molecule is O=C(Nc1cccc(C(F)(F)F)c1)c1nn2c(c1Br)N[C@@H](c1ccc(Br)cc1)C[C@@H]2C(F)(F)F. The minimum Gasteiger partial charge on any atom is -0.362 e.